The Morgan fingerprint density at radius 1 is 1.22 bits per heavy atom. The predicted octanol–water partition coefficient (Wildman–Crippen LogP) is 4.46. The lowest BCUT2D eigenvalue weighted by molar-refractivity contribution is -0.0494. The number of esters is 1. The van der Waals surface area contributed by atoms with Gasteiger partial charge >= 0.3 is 18.7 Å². The quantitative estimate of drug-likeness (QED) is 0.294. The molecule has 36 heavy (non-hydrogen) atoms. The van der Waals surface area contributed by atoms with Crippen LogP contribution in [0.25, 0.3) is 22.6 Å². The summed E-state index contributed by atoms with van der Waals surface area (Å²) in [5, 5.41) is 11.0. The number of benzene rings is 1. The molecular formula is C22H15ClF2N6O5. The second-order valence-corrected chi connectivity index (χ2v) is 7.78. The van der Waals surface area contributed by atoms with E-state index in [1.807, 2.05) is 0 Å². The highest BCUT2D eigenvalue weighted by Gasteiger charge is 2.24. The van der Waals surface area contributed by atoms with Crippen molar-refractivity contribution in [3.05, 3.63) is 65.9 Å². The van der Waals surface area contributed by atoms with Crippen LogP contribution < -0.4 is 10.1 Å². The summed E-state index contributed by atoms with van der Waals surface area (Å²) >= 11 is 6.09. The Morgan fingerprint density at radius 3 is 2.83 bits per heavy atom. The van der Waals surface area contributed by atoms with Gasteiger partial charge in [0, 0.05) is 35.5 Å². The summed E-state index contributed by atoms with van der Waals surface area (Å²) in [7, 11) is 0. The number of anilines is 1. The van der Waals surface area contributed by atoms with E-state index in [1.165, 1.54) is 52.1 Å². The number of amides is 1. The average Bonchev–Trinajstić information content (AvgIpc) is 3.59. The largest absolute Gasteiger partial charge is 0.499 e. The number of carbonyl (C=O) groups excluding carboxylic acids is 2. The van der Waals surface area contributed by atoms with E-state index >= 15 is 0 Å². The van der Waals surface area contributed by atoms with Crippen molar-refractivity contribution in [2.75, 3.05) is 11.9 Å². The van der Waals surface area contributed by atoms with Crippen molar-refractivity contribution in [1.29, 1.82) is 0 Å². The molecule has 0 fully saturated rings. The molecule has 1 aliphatic heterocycles. The molecule has 0 bridgehead atoms. The molecule has 1 amide bonds. The van der Waals surface area contributed by atoms with Crippen molar-refractivity contribution in [1.82, 2.24) is 24.4 Å². The van der Waals surface area contributed by atoms with Gasteiger partial charge in [0.05, 0.1) is 24.2 Å². The van der Waals surface area contributed by atoms with E-state index in [-0.39, 0.29) is 33.4 Å². The number of carbonyl (C=O) groups is 2. The first-order chi connectivity index (χ1) is 17.4. The Hall–Kier alpha value is -4.52. The molecule has 5 rings (SSSR count). The Bertz CT molecular complexity index is 1470. The number of nitrogens with zero attached hydrogens (tertiary/aromatic N) is 5. The zero-order valence-corrected chi connectivity index (χ0v) is 18.9. The molecule has 184 valence electrons. The van der Waals surface area contributed by atoms with E-state index in [9.17, 15) is 18.4 Å². The summed E-state index contributed by atoms with van der Waals surface area (Å²) in [6.07, 6.45) is 5.36. The number of aromatic nitrogens is 5. The Morgan fingerprint density at radius 2 is 2.08 bits per heavy atom. The number of hydrogen-bond acceptors (Lipinski definition) is 8. The fourth-order valence-corrected chi connectivity index (χ4v) is 3.62. The minimum Gasteiger partial charge on any atom is -0.499 e. The molecule has 0 unspecified atom stereocenters. The first kappa shape index (κ1) is 23.2. The third-order valence-electron chi connectivity index (χ3n) is 4.98. The number of ether oxygens (including phenoxy) is 3. The van der Waals surface area contributed by atoms with Crippen LogP contribution in [0, 0.1) is 0 Å². The minimum absolute atomic E-state index is 0.0404. The first-order valence-electron chi connectivity index (χ1n) is 10.4. The predicted molar refractivity (Wildman–Crippen MR) is 122 cm³/mol. The molecular weight excluding hydrogens is 502 g/mol. The lowest BCUT2D eigenvalue weighted by atomic mass is 10.1. The van der Waals surface area contributed by atoms with Gasteiger partial charge in [-0.25, -0.2) is 23.8 Å². The van der Waals surface area contributed by atoms with Gasteiger partial charge in [0.15, 0.2) is 11.3 Å². The number of nitrogens with one attached hydrogen (secondary N) is 1. The van der Waals surface area contributed by atoms with Crippen molar-refractivity contribution < 1.29 is 32.6 Å². The standard InChI is InChI=1S/C22H15ClF2N6O5/c23-12-2-3-17(35-21(24)25)14(8-12)19-16(10-31(29-19)13-4-7-34-11-13)27-22(33)36-20(32)15-9-18-26-5-1-6-30(18)28-15/h1-3,5-6,8-11,21H,4,7H2,(H,27,33). The van der Waals surface area contributed by atoms with Crippen LogP contribution in [0.15, 0.2) is 55.2 Å². The maximum Gasteiger partial charge on any atom is 0.419 e. The summed E-state index contributed by atoms with van der Waals surface area (Å²) in [6, 6.07) is 6.96. The summed E-state index contributed by atoms with van der Waals surface area (Å²) in [6.45, 7) is -2.69. The highest BCUT2D eigenvalue weighted by atomic mass is 35.5. The lowest BCUT2D eigenvalue weighted by Gasteiger charge is -2.11. The highest BCUT2D eigenvalue weighted by molar-refractivity contribution is 6.31. The van der Waals surface area contributed by atoms with Crippen molar-refractivity contribution in [3.63, 3.8) is 0 Å². The third kappa shape index (κ3) is 4.81. The van der Waals surface area contributed by atoms with E-state index in [1.54, 1.807) is 12.3 Å². The molecule has 0 spiro atoms. The fourth-order valence-electron chi connectivity index (χ4n) is 3.45. The van der Waals surface area contributed by atoms with Crippen LogP contribution in [-0.2, 0) is 9.47 Å². The van der Waals surface area contributed by atoms with Gasteiger partial charge < -0.3 is 14.2 Å². The van der Waals surface area contributed by atoms with Gasteiger partial charge in [-0.05, 0) is 24.3 Å². The Kier molecular flexibility index (Phi) is 6.21. The summed E-state index contributed by atoms with van der Waals surface area (Å²) in [4.78, 5) is 29.1. The van der Waals surface area contributed by atoms with Gasteiger partial charge in [-0.3, -0.25) is 5.32 Å². The number of rotatable bonds is 6. The van der Waals surface area contributed by atoms with Crippen LogP contribution >= 0.6 is 11.6 Å². The number of hydrogen-bond donors (Lipinski definition) is 1. The van der Waals surface area contributed by atoms with Crippen LogP contribution in [0.4, 0.5) is 19.3 Å². The molecule has 0 saturated heterocycles. The summed E-state index contributed by atoms with van der Waals surface area (Å²) in [5.74, 6) is -1.25. The van der Waals surface area contributed by atoms with Gasteiger partial charge in [0.25, 0.3) is 0 Å². The highest BCUT2D eigenvalue weighted by Crippen LogP contribution is 2.38. The molecule has 0 atom stereocenters. The fraction of sp³-hybridized carbons (Fsp3) is 0.136. The number of halogens is 3. The van der Waals surface area contributed by atoms with Gasteiger partial charge in [-0.1, -0.05) is 11.6 Å². The normalized spacial score (nSPS) is 12.9. The molecule has 0 aliphatic carbocycles. The SMILES string of the molecule is O=C(Nc1cn(C2=COCC2)nc1-c1cc(Cl)ccc1OC(F)F)OC(=O)c1cc2ncccn2n1. The van der Waals surface area contributed by atoms with Gasteiger partial charge in [-0.15, -0.1) is 0 Å². The molecule has 0 radical (unpaired) electrons. The van der Waals surface area contributed by atoms with Crippen molar-refractivity contribution in [2.24, 2.45) is 0 Å². The molecule has 1 N–H and O–H groups in total. The van der Waals surface area contributed by atoms with Crippen LogP contribution in [0.1, 0.15) is 16.9 Å². The van der Waals surface area contributed by atoms with Crippen molar-refractivity contribution in [3.8, 4) is 17.0 Å². The molecule has 11 nitrogen and oxygen atoms in total. The van der Waals surface area contributed by atoms with Gasteiger partial charge in [0.2, 0.25) is 0 Å². The van der Waals surface area contributed by atoms with E-state index < -0.39 is 18.7 Å². The second-order valence-electron chi connectivity index (χ2n) is 7.34. The maximum atomic E-state index is 13.0. The summed E-state index contributed by atoms with van der Waals surface area (Å²) in [5.41, 5.74) is 1.04. The number of alkyl halides is 2. The van der Waals surface area contributed by atoms with E-state index in [4.69, 9.17) is 21.1 Å². The van der Waals surface area contributed by atoms with Crippen LogP contribution in [-0.4, -0.2) is 49.7 Å². The first-order valence-corrected chi connectivity index (χ1v) is 10.7. The Labute approximate surface area is 205 Å². The zero-order valence-electron chi connectivity index (χ0n) is 18.1. The third-order valence-corrected chi connectivity index (χ3v) is 5.22. The average molecular weight is 517 g/mol. The van der Waals surface area contributed by atoms with Crippen LogP contribution in [0.2, 0.25) is 5.02 Å². The molecule has 4 heterocycles. The van der Waals surface area contributed by atoms with Crippen molar-refractivity contribution >= 4 is 40.7 Å². The van der Waals surface area contributed by atoms with E-state index in [0.717, 1.165) is 0 Å². The molecule has 0 saturated carbocycles. The molecule has 4 aromatic rings. The smallest absolute Gasteiger partial charge is 0.419 e. The van der Waals surface area contributed by atoms with E-state index in [2.05, 4.69) is 25.2 Å². The van der Waals surface area contributed by atoms with Crippen LogP contribution in [0.3, 0.4) is 0 Å². The zero-order chi connectivity index (χ0) is 25.2. The topological polar surface area (TPSA) is 122 Å². The summed E-state index contributed by atoms with van der Waals surface area (Å²) < 4.78 is 43.5. The van der Waals surface area contributed by atoms with Gasteiger partial charge in [0.1, 0.15) is 17.7 Å². The Balaban J connectivity index is 1.45. The van der Waals surface area contributed by atoms with E-state index in [0.29, 0.717) is 24.4 Å². The molecule has 14 heteroatoms. The minimum atomic E-state index is -3.11. The van der Waals surface area contributed by atoms with Crippen molar-refractivity contribution in [2.45, 2.75) is 13.0 Å². The maximum absolute atomic E-state index is 13.0. The van der Waals surface area contributed by atoms with Gasteiger partial charge in [-0.2, -0.15) is 19.0 Å². The number of fused-ring (bicyclic) bond motifs is 1. The molecule has 1 aromatic carbocycles. The van der Waals surface area contributed by atoms with Crippen LogP contribution in [0.5, 0.6) is 5.75 Å². The molecule has 1 aliphatic rings. The second kappa shape index (κ2) is 9.62. The monoisotopic (exact) mass is 516 g/mol. The molecule has 3 aromatic heterocycles. The lowest BCUT2D eigenvalue weighted by Crippen LogP contribution is -2.19.